The van der Waals surface area contributed by atoms with Gasteiger partial charge in [0.15, 0.2) is 0 Å². The molecule has 2 rings (SSSR count). The number of fused-ring (bicyclic) bond motifs is 1. The number of hydrogen-bond acceptors (Lipinski definition) is 2. The second kappa shape index (κ2) is 5.71. The first-order valence-corrected chi connectivity index (χ1v) is 6.37. The van der Waals surface area contributed by atoms with Gasteiger partial charge in [-0.1, -0.05) is 11.6 Å². The van der Waals surface area contributed by atoms with Crippen molar-refractivity contribution in [2.45, 2.75) is 18.8 Å². The molecular weight excluding hydrogens is 259 g/mol. The Balaban J connectivity index is 2.36. The molecule has 5 heteroatoms. The summed E-state index contributed by atoms with van der Waals surface area (Å²) >= 11 is 11.9. The molecule has 0 saturated heterocycles. The third-order valence-corrected chi connectivity index (χ3v) is 3.11. The molecule has 1 aromatic heterocycles. The van der Waals surface area contributed by atoms with Gasteiger partial charge >= 0.3 is 0 Å². The zero-order valence-corrected chi connectivity index (χ0v) is 11.1. The molecule has 0 aliphatic rings. The van der Waals surface area contributed by atoms with E-state index in [1.54, 1.807) is 7.11 Å². The summed E-state index contributed by atoms with van der Waals surface area (Å²) in [5.74, 6) is 1.28. The van der Waals surface area contributed by atoms with Crippen LogP contribution < -0.4 is 0 Å². The van der Waals surface area contributed by atoms with E-state index in [4.69, 9.17) is 27.9 Å². The molecular formula is C12H14Cl2N2O. The highest BCUT2D eigenvalue weighted by Gasteiger charge is 2.09. The number of hydrogen-bond donors (Lipinski definition) is 0. The number of halogens is 2. The van der Waals surface area contributed by atoms with Crippen LogP contribution in [-0.2, 0) is 17.2 Å². The summed E-state index contributed by atoms with van der Waals surface area (Å²) in [6.07, 6.45) is 0.939. The zero-order chi connectivity index (χ0) is 12.3. The van der Waals surface area contributed by atoms with Crippen molar-refractivity contribution in [3.05, 3.63) is 29.0 Å². The third-order valence-electron chi connectivity index (χ3n) is 2.64. The molecule has 0 N–H and O–H groups in total. The molecule has 1 aromatic carbocycles. The Bertz CT molecular complexity index is 510. The molecule has 0 bridgehead atoms. The quantitative estimate of drug-likeness (QED) is 0.616. The first kappa shape index (κ1) is 12.7. The first-order valence-electron chi connectivity index (χ1n) is 5.46. The number of aromatic nitrogens is 2. The van der Waals surface area contributed by atoms with E-state index in [0.717, 1.165) is 36.4 Å². The van der Waals surface area contributed by atoms with Crippen LogP contribution in [-0.4, -0.2) is 23.3 Å². The molecule has 0 amide bonds. The first-order chi connectivity index (χ1) is 8.26. The summed E-state index contributed by atoms with van der Waals surface area (Å²) in [5.41, 5.74) is 1.96. The molecule has 2 aromatic rings. The van der Waals surface area contributed by atoms with Crippen LogP contribution in [0.2, 0.25) is 5.02 Å². The topological polar surface area (TPSA) is 27.1 Å². The Hall–Kier alpha value is -0.770. The smallest absolute Gasteiger partial charge is 0.124 e. The Morgan fingerprint density at radius 2 is 2.24 bits per heavy atom. The molecule has 17 heavy (non-hydrogen) atoms. The van der Waals surface area contributed by atoms with Crippen LogP contribution in [0.1, 0.15) is 12.2 Å². The highest BCUT2D eigenvalue weighted by atomic mass is 35.5. The summed E-state index contributed by atoms with van der Waals surface area (Å²) in [6, 6.07) is 5.71. The van der Waals surface area contributed by atoms with E-state index in [9.17, 15) is 0 Å². The lowest BCUT2D eigenvalue weighted by atomic mass is 10.3. The van der Waals surface area contributed by atoms with Crippen LogP contribution in [0.3, 0.4) is 0 Å². The van der Waals surface area contributed by atoms with Gasteiger partial charge in [-0.2, -0.15) is 0 Å². The van der Waals surface area contributed by atoms with Crippen molar-refractivity contribution < 1.29 is 4.74 Å². The molecule has 0 atom stereocenters. The third kappa shape index (κ3) is 2.73. The van der Waals surface area contributed by atoms with Gasteiger partial charge in [0.25, 0.3) is 0 Å². The van der Waals surface area contributed by atoms with E-state index in [1.165, 1.54) is 0 Å². The predicted octanol–water partition coefficient (Wildman–Crippen LogP) is 3.47. The number of methoxy groups -OCH3 is 1. The zero-order valence-electron chi connectivity index (χ0n) is 9.62. The van der Waals surface area contributed by atoms with Crippen LogP contribution in [0, 0.1) is 0 Å². The van der Waals surface area contributed by atoms with Crippen molar-refractivity contribution in [2.24, 2.45) is 0 Å². The fraction of sp³-hybridized carbons (Fsp3) is 0.417. The maximum Gasteiger partial charge on any atom is 0.124 e. The van der Waals surface area contributed by atoms with E-state index in [1.807, 2.05) is 18.2 Å². The van der Waals surface area contributed by atoms with E-state index >= 15 is 0 Å². The van der Waals surface area contributed by atoms with E-state index in [-0.39, 0.29) is 0 Å². The number of alkyl halides is 1. The van der Waals surface area contributed by atoms with Crippen LogP contribution in [0.4, 0.5) is 0 Å². The van der Waals surface area contributed by atoms with Gasteiger partial charge in [0.1, 0.15) is 5.82 Å². The SMILES string of the molecule is COCCCn1c(CCl)nc2cc(Cl)ccc21. The monoisotopic (exact) mass is 272 g/mol. The number of nitrogens with zero attached hydrogens (tertiary/aromatic N) is 2. The number of aryl methyl sites for hydroxylation is 1. The molecule has 0 saturated carbocycles. The van der Waals surface area contributed by atoms with Crippen LogP contribution in [0.5, 0.6) is 0 Å². The second-order valence-electron chi connectivity index (χ2n) is 3.79. The average Bonchev–Trinajstić information content (AvgIpc) is 2.67. The molecule has 0 radical (unpaired) electrons. The fourth-order valence-corrected chi connectivity index (χ4v) is 2.24. The largest absolute Gasteiger partial charge is 0.385 e. The summed E-state index contributed by atoms with van der Waals surface area (Å²) in [7, 11) is 1.70. The van der Waals surface area contributed by atoms with Gasteiger partial charge in [-0.05, 0) is 24.6 Å². The Morgan fingerprint density at radius 3 is 2.94 bits per heavy atom. The molecule has 3 nitrogen and oxygen atoms in total. The molecule has 0 spiro atoms. The molecule has 1 heterocycles. The van der Waals surface area contributed by atoms with Crippen molar-refractivity contribution in [1.29, 1.82) is 0 Å². The lowest BCUT2D eigenvalue weighted by Gasteiger charge is -2.06. The Kier molecular flexibility index (Phi) is 4.26. The highest BCUT2D eigenvalue weighted by molar-refractivity contribution is 6.31. The minimum Gasteiger partial charge on any atom is -0.385 e. The molecule has 0 fully saturated rings. The van der Waals surface area contributed by atoms with E-state index in [0.29, 0.717) is 10.9 Å². The average molecular weight is 273 g/mol. The molecule has 0 aliphatic heterocycles. The van der Waals surface area contributed by atoms with Gasteiger partial charge in [-0.3, -0.25) is 0 Å². The van der Waals surface area contributed by atoms with E-state index in [2.05, 4.69) is 9.55 Å². The summed E-state index contributed by atoms with van der Waals surface area (Å²) in [5, 5.41) is 0.695. The Morgan fingerprint density at radius 1 is 1.41 bits per heavy atom. The van der Waals surface area contributed by atoms with Crippen LogP contribution in [0.25, 0.3) is 11.0 Å². The lowest BCUT2D eigenvalue weighted by molar-refractivity contribution is 0.190. The number of ether oxygens (including phenoxy) is 1. The van der Waals surface area contributed by atoms with Gasteiger partial charge in [-0.15, -0.1) is 11.6 Å². The lowest BCUT2D eigenvalue weighted by Crippen LogP contribution is -2.04. The summed E-state index contributed by atoms with van der Waals surface area (Å²) in [6.45, 7) is 1.59. The van der Waals surface area contributed by atoms with Gasteiger partial charge in [0.2, 0.25) is 0 Å². The normalized spacial score (nSPS) is 11.2. The maximum atomic E-state index is 5.95. The number of rotatable bonds is 5. The number of benzene rings is 1. The van der Waals surface area contributed by atoms with Crippen LogP contribution >= 0.6 is 23.2 Å². The van der Waals surface area contributed by atoms with Crippen molar-refractivity contribution in [3.8, 4) is 0 Å². The summed E-state index contributed by atoms with van der Waals surface area (Å²) < 4.78 is 7.18. The minimum atomic E-state index is 0.402. The second-order valence-corrected chi connectivity index (χ2v) is 4.50. The van der Waals surface area contributed by atoms with Crippen molar-refractivity contribution in [1.82, 2.24) is 9.55 Å². The minimum absolute atomic E-state index is 0.402. The number of imidazole rings is 1. The standard InChI is InChI=1S/C12H14Cl2N2O/c1-17-6-2-5-16-11-4-3-9(14)7-10(11)15-12(16)8-13/h3-4,7H,2,5-6,8H2,1H3. The van der Waals surface area contributed by atoms with Crippen molar-refractivity contribution >= 4 is 34.2 Å². The van der Waals surface area contributed by atoms with Gasteiger partial charge in [0.05, 0.1) is 16.9 Å². The van der Waals surface area contributed by atoms with Gasteiger partial charge < -0.3 is 9.30 Å². The van der Waals surface area contributed by atoms with E-state index < -0.39 is 0 Å². The maximum absolute atomic E-state index is 5.95. The van der Waals surface area contributed by atoms with Crippen molar-refractivity contribution in [2.75, 3.05) is 13.7 Å². The molecule has 92 valence electrons. The van der Waals surface area contributed by atoms with Crippen LogP contribution in [0.15, 0.2) is 18.2 Å². The predicted molar refractivity (Wildman–Crippen MR) is 70.8 cm³/mol. The molecule has 0 unspecified atom stereocenters. The Labute approximate surface area is 110 Å². The van der Waals surface area contributed by atoms with Crippen molar-refractivity contribution in [3.63, 3.8) is 0 Å². The summed E-state index contributed by atoms with van der Waals surface area (Å²) in [4.78, 5) is 4.48. The highest BCUT2D eigenvalue weighted by Crippen LogP contribution is 2.21. The van der Waals surface area contributed by atoms with Gasteiger partial charge in [0, 0.05) is 25.3 Å². The van der Waals surface area contributed by atoms with Gasteiger partial charge in [-0.25, -0.2) is 4.98 Å². The fourth-order valence-electron chi connectivity index (χ4n) is 1.87. The molecule has 0 aliphatic carbocycles.